The Morgan fingerprint density at radius 2 is 1.28 bits per heavy atom. The van der Waals surface area contributed by atoms with Gasteiger partial charge in [-0.1, -0.05) is 78.9 Å². The van der Waals surface area contributed by atoms with Crippen LogP contribution >= 0.6 is 22.9 Å². The van der Waals surface area contributed by atoms with Crippen LogP contribution in [-0.4, -0.2) is 14.5 Å². The van der Waals surface area contributed by atoms with Crippen LogP contribution in [0.15, 0.2) is 121 Å². The summed E-state index contributed by atoms with van der Waals surface area (Å²) >= 11 is 8.06. The first kappa shape index (κ1) is 22.5. The van der Waals surface area contributed by atoms with Crippen LogP contribution in [0, 0.1) is 0 Å². The van der Waals surface area contributed by atoms with Crippen LogP contribution in [0.5, 0.6) is 0 Å². The number of thiophene rings is 1. The van der Waals surface area contributed by atoms with E-state index in [1.807, 2.05) is 0 Å². The Morgan fingerprint density at radius 3 is 2.18 bits per heavy atom. The highest BCUT2D eigenvalue weighted by molar-refractivity contribution is 7.25. The third-order valence-electron chi connectivity index (χ3n) is 7.37. The lowest BCUT2D eigenvalue weighted by Gasteiger charge is -2.09. The molecule has 0 atom stereocenters. The lowest BCUT2D eigenvalue weighted by atomic mass is 9.98. The summed E-state index contributed by atoms with van der Waals surface area (Å²) in [5.74, 6) is 0. The molecule has 0 radical (unpaired) electrons. The molecule has 3 nitrogen and oxygen atoms in total. The third-order valence-corrected chi connectivity index (χ3v) is 8.60. The molecule has 8 rings (SSSR count). The molecule has 5 heteroatoms. The Bertz CT molecular complexity index is 2190. The zero-order chi connectivity index (χ0) is 25.9. The maximum absolute atomic E-state index is 6.41. The molecular weight excluding hydrogens is 518 g/mol. The van der Waals surface area contributed by atoms with Gasteiger partial charge in [0.25, 0.3) is 0 Å². The molecule has 3 aromatic heterocycles. The fourth-order valence-corrected chi connectivity index (χ4v) is 6.95. The Hall–Kier alpha value is -4.51. The Kier molecular flexibility index (Phi) is 5.05. The minimum Gasteiger partial charge on any atom is -0.309 e. The summed E-state index contributed by atoms with van der Waals surface area (Å²) in [7, 11) is 0. The quantitative estimate of drug-likeness (QED) is 0.210. The van der Waals surface area contributed by atoms with Crippen molar-refractivity contribution < 1.29 is 0 Å². The zero-order valence-corrected chi connectivity index (χ0v) is 22.2. The topological polar surface area (TPSA) is 30.7 Å². The van der Waals surface area contributed by atoms with E-state index < -0.39 is 0 Å². The second-order valence-corrected chi connectivity index (χ2v) is 11.0. The van der Waals surface area contributed by atoms with Gasteiger partial charge in [-0.15, -0.1) is 11.3 Å². The number of hydrogen-bond donors (Lipinski definition) is 0. The molecule has 0 spiro atoms. The number of benzene rings is 5. The summed E-state index contributed by atoms with van der Waals surface area (Å²) in [6.45, 7) is 0. The number of rotatable bonds is 3. The number of para-hydroxylation sites is 2. The molecule has 0 N–H and O–H groups in total. The van der Waals surface area contributed by atoms with Crippen molar-refractivity contribution in [1.29, 1.82) is 0 Å². The Labute approximate surface area is 233 Å². The maximum Gasteiger partial charge on any atom is 0.224 e. The first-order valence-corrected chi connectivity index (χ1v) is 14.0. The van der Waals surface area contributed by atoms with Gasteiger partial charge in [-0.05, 0) is 65.2 Å². The van der Waals surface area contributed by atoms with Crippen LogP contribution < -0.4 is 0 Å². The van der Waals surface area contributed by atoms with Crippen LogP contribution in [0.4, 0.5) is 0 Å². The molecule has 0 aliphatic heterocycles. The molecule has 184 valence electrons. The third kappa shape index (κ3) is 3.57. The van der Waals surface area contributed by atoms with Gasteiger partial charge in [0.15, 0.2) is 0 Å². The monoisotopic (exact) mass is 537 g/mol. The van der Waals surface area contributed by atoms with Gasteiger partial charge in [0, 0.05) is 37.5 Å². The van der Waals surface area contributed by atoms with Crippen molar-refractivity contribution in [2.75, 3.05) is 0 Å². The molecule has 3 heterocycles. The molecule has 0 unspecified atom stereocenters. The van der Waals surface area contributed by atoms with Gasteiger partial charge in [-0.3, -0.25) is 0 Å². The molecule has 39 heavy (non-hydrogen) atoms. The average molecular weight is 538 g/mol. The Balaban J connectivity index is 1.33. The summed E-state index contributed by atoms with van der Waals surface area (Å²) in [5, 5.41) is 4.95. The predicted molar refractivity (Wildman–Crippen MR) is 165 cm³/mol. The second kappa shape index (κ2) is 8.77. The normalized spacial score (nSPS) is 11.7. The second-order valence-electron chi connectivity index (χ2n) is 9.62. The van der Waals surface area contributed by atoms with E-state index in [1.165, 1.54) is 26.5 Å². The van der Waals surface area contributed by atoms with Gasteiger partial charge >= 0.3 is 0 Å². The number of nitrogens with zero attached hydrogens (tertiary/aromatic N) is 3. The van der Waals surface area contributed by atoms with Crippen LogP contribution in [0.3, 0.4) is 0 Å². The fraction of sp³-hybridized carbons (Fsp3) is 0. The summed E-state index contributed by atoms with van der Waals surface area (Å²) < 4.78 is 3.52. The largest absolute Gasteiger partial charge is 0.309 e. The molecule has 0 saturated heterocycles. The van der Waals surface area contributed by atoms with E-state index >= 15 is 0 Å². The van der Waals surface area contributed by atoms with E-state index in [-0.39, 0.29) is 5.28 Å². The first-order valence-electron chi connectivity index (χ1n) is 12.8. The van der Waals surface area contributed by atoms with Gasteiger partial charge in [0.1, 0.15) is 4.83 Å². The van der Waals surface area contributed by atoms with Crippen molar-refractivity contribution in [2.45, 2.75) is 0 Å². The molecule has 0 saturated carbocycles. The van der Waals surface area contributed by atoms with E-state index in [0.29, 0.717) is 0 Å². The molecule has 0 aliphatic carbocycles. The minimum absolute atomic E-state index is 0.268. The SMILES string of the molecule is Clc1nc(-c2cccc(-c3ccc4c(c3)c3ccccc3n4-c3ccccc3)c2)c2c(n1)sc1ccccc12. The van der Waals surface area contributed by atoms with Gasteiger partial charge in [0.2, 0.25) is 5.28 Å². The predicted octanol–water partition coefficient (Wildman–Crippen LogP) is 9.93. The smallest absolute Gasteiger partial charge is 0.224 e. The van der Waals surface area contributed by atoms with Crippen LogP contribution in [0.2, 0.25) is 5.28 Å². The number of aromatic nitrogens is 3. The van der Waals surface area contributed by atoms with Crippen LogP contribution in [0.1, 0.15) is 0 Å². The van der Waals surface area contributed by atoms with Crippen molar-refractivity contribution in [2.24, 2.45) is 0 Å². The fourth-order valence-electron chi connectivity index (χ4n) is 5.66. The molecule has 0 aliphatic rings. The lowest BCUT2D eigenvalue weighted by Crippen LogP contribution is -1.93. The number of fused-ring (bicyclic) bond motifs is 6. The van der Waals surface area contributed by atoms with E-state index in [2.05, 4.69) is 131 Å². The lowest BCUT2D eigenvalue weighted by molar-refractivity contribution is 1.18. The van der Waals surface area contributed by atoms with Crippen molar-refractivity contribution in [3.63, 3.8) is 0 Å². The standard InChI is InChI=1S/C34H20ClN3S/c35-34-36-32(31-26-14-5-7-16-30(26)39-33(31)37-34)23-10-8-9-21(19-23)22-17-18-29-27(20-22)25-13-4-6-15-28(25)38(29)24-11-2-1-3-12-24/h1-20H. The van der Waals surface area contributed by atoms with E-state index in [4.69, 9.17) is 16.6 Å². The molecule has 5 aromatic carbocycles. The maximum atomic E-state index is 6.41. The summed E-state index contributed by atoms with van der Waals surface area (Å²) in [5.41, 5.74) is 7.73. The zero-order valence-electron chi connectivity index (χ0n) is 20.7. The van der Waals surface area contributed by atoms with E-state index in [1.54, 1.807) is 11.3 Å². The molecule has 0 amide bonds. The average Bonchev–Trinajstić information content (AvgIpc) is 3.52. The highest BCUT2D eigenvalue weighted by Gasteiger charge is 2.17. The van der Waals surface area contributed by atoms with Gasteiger partial charge in [-0.2, -0.15) is 0 Å². The van der Waals surface area contributed by atoms with E-state index in [0.717, 1.165) is 43.7 Å². The highest BCUT2D eigenvalue weighted by Crippen LogP contribution is 2.40. The summed E-state index contributed by atoms with van der Waals surface area (Å²) in [4.78, 5) is 10.2. The molecule has 0 bridgehead atoms. The summed E-state index contributed by atoms with van der Waals surface area (Å²) in [6.07, 6.45) is 0. The number of hydrogen-bond acceptors (Lipinski definition) is 3. The van der Waals surface area contributed by atoms with Crippen molar-refractivity contribution in [3.05, 3.63) is 127 Å². The van der Waals surface area contributed by atoms with Crippen LogP contribution in [0.25, 0.3) is 70.2 Å². The minimum atomic E-state index is 0.268. The summed E-state index contributed by atoms with van der Waals surface area (Å²) in [6, 6.07) is 42.8. The van der Waals surface area contributed by atoms with Crippen molar-refractivity contribution >= 4 is 65.0 Å². The molecular formula is C34H20ClN3S. The van der Waals surface area contributed by atoms with E-state index in [9.17, 15) is 0 Å². The van der Waals surface area contributed by atoms with Gasteiger partial charge in [-0.25, -0.2) is 9.97 Å². The van der Waals surface area contributed by atoms with Crippen molar-refractivity contribution in [1.82, 2.24) is 14.5 Å². The molecule has 0 fully saturated rings. The van der Waals surface area contributed by atoms with Crippen molar-refractivity contribution in [3.8, 4) is 28.1 Å². The van der Waals surface area contributed by atoms with Gasteiger partial charge < -0.3 is 4.57 Å². The highest BCUT2D eigenvalue weighted by atomic mass is 35.5. The van der Waals surface area contributed by atoms with Crippen LogP contribution in [-0.2, 0) is 0 Å². The Morgan fingerprint density at radius 1 is 0.564 bits per heavy atom. The number of halogens is 1. The first-order chi connectivity index (χ1) is 19.2. The molecule has 8 aromatic rings. The van der Waals surface area contributed by atoms with Gasteiger partial charge in [0.05, 0.1) is 16.7 Å².